The highest BCUT2D eigenvalue weighted by molar-refractivity contribution is 7.91. The minimum absolute atomic E-state index is 0.102. The molecule has 2 saturated heterocycles. The van der Waals surface area contributed by atoms with Crippen molar-refractivity contribution >= 4 is 21.8 Å². The van der Waals surface area contributed by atoms with E-state index in [9.17, 15) is 18.0 Å². The molecule has 2 rings (SSSR count). The van der Waals surface area contributed by atoms with Crippen molar-refractivity contribution < 1.29 is 23.1 Å². The van der Waals surface area contributed by atoms with Gasteiger partial charge in [-0.2, -0.15) is 0 Å². The fraction of sp³-hybridized carbons (Fsp3) is 0.833. The quantitative estimate of drug-likeness (QED) is 0.751. The van der Waals surface area contributed by atoms with Gasteiger partial charge in [0.1, 0.15) is 9.84 Å². The highest BCUT2D eigenvalue weighted by Gasteiger charge is 2.42. The fourth-order valence-electron chi connectivity index (χ4n) is 2.61. The molecule has 0 saturated carbocycles. The van der Waals surface area contributed by atoms with Crippen LogP contribution in [0.25, 0.3) is 0 Å². The lowest BCUT2D eigenvalue weighted by Gasteiger charge is -2.26. The van der Waals surface area contributed by atoms with Crippen LogP contribution in [0.15, 0.2) is 0 Å². The molecule has 114 valence electrons. The van der Waals surface area contributed by atoms with Gasteiger partial charge in [0.15, 0.2) is 0 Å². The van der Waals surface area contributed by atoms with Gasteiger partial charge in [0.05, 0.1) is 16.9 Å². The Balaban J connectivity index is 1.86. The van der Waals surface area contributed by atoms with Crippen LogP contribution in [0, 0.1) is 5.41 Å². The van der Waals surface area contributed by atoms with E-state index in [-0.39, 0.29) is 30.1 Å². The molecule has 0 aromatic heterocycles. The second-order valence-corrected chi connectivity index (χ2v) is 8.22. The zero-order chi connectivity index (χ0) is 15.0. The number of carbonyl (C=O) groups is 2. The van der Waals surface area contributed by atoms with E-state index in [4.69, 9.17) is 5.11 Å². The number of hydrogen-bond donors (Lipinski definition) is 2. The molecule has 2 fully saturated rings. The molecule has 1 atom stereocenters. The lowest BCUT2D eigenvalue weighted by molar-refractivity contribution is -0.147. The van der Waals surface area contributed by atoms with E-state index < -0.39 is 21.2 Å². The van der Waals surface area contributed by atoms with Gasteiger partial charge >= 0.3 is 12.0 Å². The average Bonchev–Trinajstić information content (AvgIpc) is 2.76. The number of urea groups is 1. The molecule has 1 unspecified atom stereocenters. The van der Waals surface area contributed by atoms with Gasteiger partial charge in [-0.05, 0) is 26.2 Å². The van der Waals surface area contributed by atoms with Gasteiger partial charge in [0.25, 0.3) is 0 Å². The molecule has 2 aliphatic rings. The van der Waals surface area contributed by atoms with Crippen LogP contribution in [-0.4, -0.2) is 61.1 Å². The van der Waals surface area contributed by atoms with E-state index in [2.05, 4.69) is 5.32 Å². The molecule has 2 heterocycles. The predicted molar refractivity (Wildman–Crippen MR) is 72.1 cm³/mol. The molecule has 2 aliphatic heterocycles. The molecule has 8 heteroatoms. The first kappa shape index (κ1) is 15.1. The van der Waals surface area contributed by atoms with E-state index in [0.29, 0.717) is 25.8 Å². The molecule has 0 aromatic carbocycles. The topological polar surface area (TPSA) is 104 Å². The number of aliphatic carboxylic acids is 1. The van der Waals surface area contributed by atoms with Crippen molar-refractivity contribution in [1.82, 2.24) is 10.2 Å². The van der Waals surface area contributed by atoms with Gasteiger partial charge < -0.3 is 15.3 Å². The van der Waals surface area contributed by atoms with Crippen LogP contribution in [0.5, 0.6) is 0 Å². The molecular weight excluding hydrogens is 284 g/mol. The molecule has 0 aliphatic carbocycles. The summed E-state index contributed by atoms with van der Waals surface area (Å²) in [4.78, 5) is 24.7. The number of nitrogens with one attached hydrogen (secondary N) is 1. The summed E-state index contributed by atoms with van der Waals surface area (Å²) in [6, 6.07) is -0.429. The maximum Gasteiger partial charge on any atom is 0.317 e. The van der Waals surface area contributed by atoms with Crippen LogP contribution in [0.2, 0.25) is 0 Å². The summed E-state index contributed by atoms with van der Waals surface area (Å²) in [6.45, 7) is 2.24. The van der Waals surface area contributed by atoms with Gasteiger partial charge in [-0.1, -0.05) is 0 Å². The Bertz CT molecular complexity index is 504. The Kier molecular flexibility index (Phi) is 3.95. The summed E-state index contributed by atoms with van der Waals surface area (Å²) in [6.07, 6.45) is 1.30. The van der Waals surface area contributed by atoms with Crippen molar-refractivity contribution in [2.24, 2.45) is 5.41 Å². The monoisotopic (exact) mass is 304 g/mol. The van der Waals surface area contributed by atoms with Crippen molar-refractivity contribution in [3.05, 3.63) is 0 Å². The van der Waals surface area contributed by atoms with Crippen LogP contribution in [-0.2, 0) is 14.6 Å². The molecule has 0 bridgehead atoms. The van der Waals surface area contributed by atoms with Gasteiger partial charge in [0.2, 0.25) is 0 Å². The number of likely N-dealkylation sites (tertiary alicyclic amines) is 1. The molecule has 0 radical (unpaired) electrons. The van der Waals surface area contributed by atoms with Crippen LogP contribution in [0.1, 0.15) is 26.2 Å². The van der Waals surface area contributed by atoms with Crippen molar-refractivity contribution in [3.8, 4) is 0 Å². The van der Waals surface area contributed by atoms with Crippen LogP contribution in [0.4, 0.5) is 4.79 Å². The number of hydrogen-bond acceptors (Lipinski definition) is 4. The number of carbonyl (C=O) groups excluding carboxylic acids is 1. The third-order valence-corrected chi connectivity index (χ3v) is 5.87. The summed E-state index contributed by atoms with van der Waals surface area (Å²) < 4.78 is 22.6. The van der Waals surface area contributed by atoms with E-state index in [1.54, 1.807) is 6.92 Å². The van der Waals surface area contributed by atoms with Crippen molar-refractivity contribution in [2.75, 3.05) is 24.6 Å². The van der Waals surface area contributed by atoms with E-state index >= 15 is 0 Å². The Morgan fingerprint density at radius 3 is 2.40 bits per heavy atom. The number of carboxylic acids is 1. The lowest BCUT2D eigenvalue weighted by atomic mass is 9.90. The third kappa shape index (κ3) is 3.23. The molecular formula is C12H20N2O5S. The SMILES string of the molecule is CC1(C(=O)O)CCN(C(=O)NC2CCS(=O)(=O)CC2)C1. The number of nitrogens with zero attached hydrogens (tertiary/aromatic N) is 1. The molecule has 2 amide bonds. The number of sulfone groups is 1. The Labute approximate surface area is 118 Å². The van der Waals surface area contributed by atoms with Crippen LogP contribution < -0.4 is 5.32 Å². The zero-order valence-corrected chi connectivity index (χ0v) is 12.3. The first-order chi connectivity index (χ1) is 9.22. The van der Waals surface area contributed by atoms with Gasteiger partial charge in [-0.25, -0.2) is 13.2 Å². The second kappa shape index (κ2) is 5.23. The maximum atomic E-state index is 12.1. The standard InChI is InChI=1S/C12H20N2O5S/c1-12(10(15)16)4-5-14(8-12)11(17)13-9-2-6-20(18,19)7-3-9/h9H,2-8H2,1H3,(H,13,17)(H,15,16). The zero-order valence-electron chi connectivity index (χ0n) is 11.5. The largest absolute Gasteiger partial charge is 0.481 e. The normalized spacial score (nSPS) is 30.1. The second-order valence-electron chi connectivity index (χ2n) is 5.91. The first-order valence-corrected chi connectivity index (χ1v) is 8.53. The van der Waals surface area contributed by atoms with Crippen LogP contribution in [0.3, 0.4) is 0 Å². The molecule has 2 N–H and O–H groups in total. The van der Waals surface area contributed by atoms with Crippen LogP contribution >= 0.6 is 0 Å². The average molecular weight is 304 g/mol. The van der Waals surface area contributed by atoms with Gasteiger partial charge in [0, 0.05) is 19.1 Å². The van der Waals surface area contributed by atoms with Crippen molar-refractivity contribution in [1.29, 1.82) is 0 Å². The number of carboxylic acid groups (broad SMARTS) is 1. The highest BCUT2D eigenvalue weighted by Crippen LogP contribution is 2.30. The van der Waals surface area contributed by atoms with Gasteiger partial charge in [-0.3, -0.25) is 4.79 Å². The van der Waals surface area contributed by atoms with Crippen molar-refractivity contribution in [2.45, 2.75) is 32.2 Å². The summed E-state index contributed by atoms with van der Waals surface area (Å²) in [7, 11) is -2.94. The van der Waals surface area contributed by atoms with Gasteiger partial charge in [-0.15, -0.1) is 0 Å². The first-order valence-electron chi connectivity index (χ1n) is 6.71. The fourth-order valence-corrected chi connectivity index (χ4v) is 4.10. The smallest absolute Gasteiger partial charge is 0.317 e. The van der Waals surface area contributed by atoms with E-state index in [1.807, 2.05) is 0 Å². The molecule has 0 spiro atoms. The van der Waals surface area contributed by atoms with E-state index in [0.717, 1.165) is 0 Å². The predicted octanol–water partition coefficient (Wildman–Crippen LogP) is 0.0698. The Hall–Kier alpha value is -1.31. The maximum absolute atomic E-state index is 12.1. The summed E-state index contributed by atoms with van der Waals surface area (Å²) >= 11 is 0. The number of rotatable bonds is 2. The van der Waals surface area contributed by atoms with E-state index in [1.165, 1.54) is 4.90 Å². The minimum Gasteiger partial charge on any atom is -0.481 e. The lowest BCUT2D eigenvalue weighted by Crippen LogP contribution is -2.47. The van der Waals surface area contributed by atoms with Crippen molar-refractivity contribution in [3.63, 3.8) is 0 Å². The minimum atomic E-state index is -2.94. The summed E-state index contributed by atoms with van der Waals surface area (Å²) in [5.74, 6) is -0.688. The molecule has 20 heavy (non-hydrogen) atoms. The Morgan fingerprint density at radius 2 is 1.90 bits per heavy atom. The molecule has 0 aromatic rings. The highest BCUT2D eigenvalue weighted by atomic mass is 32.2. The third-order valence-electron chi connectivity index (χ3n) is 4.16. The summed E-state index contributed by atoms with van der Waals surface area (Å²) in [5, 5.41) is 11.9. The Morgan fingerprint density at radius 1 is 1.30 bits per heavy atom. The summed E-state index contributed by atoms with van der Waals surface area (Å²) in [5.41, 5.74) is -0.882. The number of amides is 2. The molecule has 7 nitrogen and oxygen atoms in total.